The number of carbonyl (C=O) groups excluding carboxylic acids is 1. The molecule has 0 aliphatic carbocycles. The van der Waals surface area contributed by atoms with Crippen molar-refractivity contribution in [1.29, 1.82) is 0 Å². The van der Waals surface area contributed by atoms with Crippen molar-refractivity contribution in [3.05, 3.63) is 45.7 Å². The van der Waals surface area contributed by atoms with Gasteiger partial charge in [-0.25, -0.2) is 4.79 Å². The third-order valence-electron chi connectivity index (χ3n) is 4.66. The van der Waals surface area contributed by atoms with Gasteiger partial charge in [0.05, 0.1) is 18.1 Å². The number of amides is 1. The van der Waals surface area contributed by atoms with Crippen molar-refractivity contribution >= 4 is 17.0 Å². The molecule has 0 saturated heterocycles. The molecular weight excluding hydrogens is 316 g/mol. The lowest BCUT2D eigenvalue weighted by Crippen LogP contribution is -2.37. The second-order valence-corrected chi connectivity index (χ2v) is 8.07. The fourth-order valence-corrected chi connectivity index (χ4v) is 3.69. The number of nitrogens with zero attached hydrogens (tertiary/aromatic N) is 2. The van der Waals surface area contributed by atoms with E-state index >= 15 is 0 Å². The molecule has 1 aliphatic rings. The van der Waals surface area contributed by atoms with Crippen molar-refractivity contribution in [3.8, 4) is 0 Å². The van der Waals surface area contributed by atoms with Crippen molar-refractivity contribution in [2.75, 3.05) is 0 Å². The second kappa shape index (κ2) is 5.90. The van der Waals surface area contributed by atoms with Crippen LogP contribution >= 0.6 is 0 Å². The average Bonchev–Trinajstić information content (AvgIpc) is 2.92. The molecule has 134 valence electrons. The topological polar surface area (TPSA) is 51.5 Å². The molecule has 2 aromatic rings. The lowest BCUT2D eigenvalue weighted by Gasteiger charge is -2.31. The van der Waals surface area contributed by atoms with Gasteiger partial charge in [-0.05, 0) is 38.8 Å². The van der Waals surface area contributed by atoms with Crippen molar-refractivity contribution < 1.29 is 9.53 Å². The van der Waals surface area contributed by atoms with E-state index in [1.165, 1.54) is 0 Å². The van der Waals surface area contributed by atoms with Crippen LogP contribution in [0.1, 0.15) is 51.9 Å². The predicted molar refractivity (Wildman–Crippen MR) is 98.5 cm³/mol. The Morgan fingerprint density at radius 3 is 2.48 bits per heavy atom. The Labute approximate surface area is 148 Å². The lowest BCUT2D eigenvalue weighted by atomic mass is 9.98. The maximum Gasteiger partial charge on any atom is 0.411 e. The summed E-state index contributed by atoms with van der Waals surface area (Å²) in [5.74, 6) is 0.167. The number of fused-ring (bicyclic) bond motifs is 2. The summed E-state index contributed by atoms with van der Waals surface area (Å²) in [4.78, 5) is 27.4. The third kappa shape index (κ3) is 2.92. The van der Waals surface area contributed by atoms with E-state index in [1.54, 1.807) is 4.90 Å². The number of carbonyl (C=O) groups is 1. The van der Waals surface area contributed by atoms with Gasteiger partial charge in [-0.1, -0.05) is 26.0 Å². The summed E-state index contributed by atoms with van der Waals surface area (Å²) in [6, 6.07) is 7.42. The molecule has 3 rings (SSSR count). The van der Waals surface area contributed by atoms with E-state index in [0.717, 1.165) is 11.2 Å². The molecule has 0 fully saturated rings. The van der Waals surface area contributed by atoms with Crippen LogP contribution in [0.15, 0.2) is 29.1 Å². The van der Waals surface area contributed by atoms with E-state index in [0.29, 0.717) is 17.5 Å². The summed E-state index contributed by atoms with van der Waals surface area (Å²) >= 11 is 0. The highest BCUT2D eigenvalue weighted by Gasteiger charge is 2.41. The summed E-state index contributed by atoms with van der Waals surface area (Å²) < 4.78 is 7.64. The number of rotatable bonds is 1. The lowest BCUT2D eigenvalue weighted by molar-refractivity contribution is 0.0122. The molecule has 0 saturated carbocycles. The molecule has 2 heterocycles. The number of para-hydroxylation sites is 1. The van der Waals surface area contributed by atoms with Crippen LogP contribution in [0.2, 0.25) is 0 Å². The van der Waals surface area contributed by atoms with Crippen molar-refractivity contribution in [2.24, 2.45) is 13.0 Å². The Hall–Kier alpha value is -2.30. The molecule has 0 bridgehead atoms. The van der Waals surface area contributed by atoms with Crippen LogP contribution in [0.4, 0.5) is 4.79 Å². The first kappa shape index (κ1) is 17.5. The first-order valence-electron chi connectivity index (χ1n) is 8.72. The molecule has 0 N–H and O–H groups in total. The molecule has 5 heteroatoms. The highest BCUT2D eigenvalue weighted by molar-refractivity contribution is 5.81. The normalized spacial score (nSPS) is 17.2. The minimum absolute atomic E-state index is 0.0143. The average molecular weight is 342 g/mol. The van der Waals surface area contributed by atoms with Crippen molar-refractivity contribution in [3.63, 3.8) is 0 Å². The van der Waals surface area contributed by atoms with Crippen LogP contribution < -0.4 is 5.43 Å². The second-order valence-electron chi connectivity index (χ2n) is 8.07. The van der Waals surface area contributed by atoms with E-state index in [2.05, 4.69) is 18.4 Å². The van der Waals surface area contributed by atoms with Gasteiger partial charge < -0.3 is 9.30 Å². The van der Waals surface area contributed by atoms with Gasteiger partial charge in [0.15, 0.2) is 5.43 Å². The Bertz CT molecular complexity index is 890. The van der Waals surface area contributed by atoms with Gasteiger partial charge in [0.25, 0.3) is 0 Å². The van der Waals surface area contributed by atoms with Crippen LogP contribution in [0.25, 0.3) is 10.9 Å². The Balaban J connectivity index is 2.17. The fourth-order valence-electron chi connectivity index (χ4n) is 3.69. The minimum atomic E-state index is -0.569. The van der Waals surface area contributed by atoms with Gasteiger partial charge in [0.1, 0.15) is 5.60 Å². The highest BCUT2D eigenvalue weighted by atomic mass is 16.6. The molecule has 5 nitrogen and oxygen atoms in total. The van der Waals surface area contributed by atoms with Gasteiger partial charge in [-0.15, -0.1) is 0 Å². The largest absolute Gasteiger partial charge is 0.444 e. The molecule has 1 amide bonds. The number of ether oxygens (including phenoxy) is 1. The number of hydrogen-bond donors (Lipinski definition) is 0. The van der Waals surface area contributed by atoms with E-state index in [-0.39, 0.29) is 23.5 Å². The zero-order chi connectivity index (χ0) is 18.5. The predicted octanol–water partition coefficient (Wildman–Crippen LogP) is 3.99. The zero-order valence-electron chi connectivity index (χ0n) is 15.8. The molecule has 0 spiro atoms. The Morgan fingerprint density at radius 1 is 1.24 bits per heavy atom. The van der Waals surface area contributed by atoms with E-state index in [1.807, 2.05) is 52.1 Å². The molecule has 1 aromatic heterocycles. The molecule has 0 radical (unpaired) electrons. The van der Waals surface area contributed by atoms with Crippen LogP contribution in [-0.2, 0) is 18.3 Å². The van der Waals surface area contributed by atoms with Gasteiger partial charge in [-0.3, -0.25) is 9.69 Å². The maximum absolute atomic E-state index is 13.0. The number of aromatic nitrogens is 1. The summed E-state index contributed by atoms with van der Waals surface area (Å²) in [6.07, 6.45) is -0.370. The SMILES string of the molecule is CC(C)[C@H]1c2c(c(=O)c3ccccc3n2C)CN1C(=O)OC(C)(C)C. The zero-order valence-corrected chi connectivity index (χ0v) is 15.8. The van der Waals surface area contributed by atoms with Crippen LogP contribution in [0.5, 0.6) is 0 Å². The van der Waals surface area contributed by atoms with Gasteiger partial charge in [0, 0.05) is 23.7 Å². The van der Waals surface area contributed by atoms with Crippen LogP contribution in [0, 0.1) is 5.92 Å². The smallest absolute Gasteiger partial charge is 0.411 e. The van der Waals surface area contributed by atoms with Gasteiger partial charge in [0.2, 0.25) is 0 Å². The van der Waals surface area contributed by atoms with Gasteiger partial charge in [-0.2, -0.15) is 0 Å². The van der Waals surface area contributed by atoms with Gasteiger partial charge >= 0.3 is 6.09 Å². The molecule has 1 aromatic carbocycles. The molecular formula is C20H26N2O3. The summed E-state index contributed by atoms with van der Waals surface area (Å²) in [5.41, 5.74) is 1.96. The number of pyridine rings is 1. The molecule has 0 unspecified atom stereocenters. The monoisotopic (exact) mass is 342 g/mol. The summed E-state index contributed by atoms with van der Waals surface area (Å²) in [5, 5.41) is 0.692. The van der Waals surface area contributed by atoms with Crippen molar-refractivity contribution in [1.82, 2.24) is 9.47 Å². The number of aryl methyl sites for hydroxylation is 1. The first-order chi connectivity index (χ1) is 11.6. The standard InChI is InChI=1S/C20H26N2O3/c1-12(2)16-17-14(11-22(16)19(24)25-20(3,4)5)18(23)13-9-7-8-10-15(13)21(17)6/h7-10,12,16H,11H2,1-6H3/t16-/m0/s1. The fraction of sp³-hybridized carbons (Fsp3) is 0.500. The van der Waals surface area contributed by atoms with E-state index in [4.69, 9.17) is 4.74 Å². The summed E-state index contributed by atoms with van der Waals surface area (Å²) in [6.45, 7) is 9.99. The minimum Gasteiger partial charge on any atom is -0.444 e. The number of hydrogen-bond acceptors (Lipinski definition) is 3. The van der Waals surface area contributed by atoms with Crippen LogP contribution in [-0.4, -0.2) is 21.2 Å². The summed E-state index contributed by atoms with van der Waals surface area (Å²) in [7, 11) is 1.97. The molecule has 25 heavy (non-hydrogen) atoms. The highest BCUT2D eigenvalue weighted by Crippen LogP contribution is 2.39. The molecule has 1 atom stereocenters. The van der Waals surface area contributed by atoms with Crippen molar-refractivity contribution in [2.45, 2.75) is 52.8 Å². The van der Waals surface area contributed by atoms with Crippen LogP contribution in [0.3, 0.4) is 0 Å². The third-order valence-corrected chi connectivity index (χ3v) is 4.66. The Kier molecular flexibility index (Phi) is 4.13. The maximum atomic E-state index is 13.0. The Morgan fingerprint density at radius 2 is 1.88 bits per heavy atom. The van der Waals surface area contributed by atoms with E-state index < -0.39 is 5.60 Å². The number of benzene rings is 1. The first-order valence-corrected chi connectivity index (χ1v) is 8.72. The molecule has 1 aliphatic heterocycles. The van der Waals surface area contributed by atoms with E-state index in [9.17, 15) is 9.59 Å². The quantitative estimate of drug-likeness (QED) is 0.787.